The standard InChI is InChI=1S/C29H38F2N4O2Si/c1-19(34-26(36)29(7,30)31)25(35-24-15-10-20(17-32)16-22(24)18-33-35)21-11-13-23(14-12-21)28(5,6)37-38(8,9)27(2,3)4/h10-16,18-19,25H,1-9H3,(H,34,36). The van der Waals surface area contributed by atoms with Crippen LogP contribution in [0.1, 0.15) is 71.2 Å². The van der Waals surface area contributed by atoms with Crippen LogP contribution in [0.5, 0.6) is 0 Å². The number of nitrogens with one attached hydrogen (secondary N) is 1. The summed E-state index contributed by atoms with van der Waals surface area (Å²) >= 11 is 0. The van der Waals surface area contributed by atoms with Crippen molar-refractivity contribution in [2.24, 2.45) is 0 Å². The van der Waals surface area contributed by atoms with Crippen LogP contribution in [0.15, 0.2) is 48.7 Å². The minimum absolute atomic E-state index is 0.0524. The molecule has 2 unspecified atom stereocenters. The first-order valence-corrected chi connectivity index (χ1v) is 15.6. The summed E-state index contributed by atoms with van der Waals surface area (Å²) in [6.45, 7) is 17.4. The van der Waals surface area contributed by atoms with Gasteiger partial charge in [-0.15, -0.1) is 0 Å². The average Bonchev–Trinajstić information content (AvgIpc) is 3.20. The van der Waals surface area contributed by atoms with E-state index in [-0.39, 0.29) is 5.04 Å². The first-order valence-electron chi connectivity index (χ1n) is 12.7. The summed E-state index contributed by atoms with van der Waals surface area (Å²) in [6, 6.07) is 13.8. The molecule has 3 rings (SSSR count). The number of carbonyl (C=O) groups is 1. The maximum atomic E-state index is 13.7. The molecule has 0 saturated carbocycles. The van der Waals surface area contributed by atoms with E-state index in [9.17, 15) is 18.8 Å². The molecule has 0 aliphatic carbocycles. The number of aromatic nitrogens is 2. The van der Waals surface area contributed by atoms with E-state index < -0.39 is 37.8 Å². The molecule has 9 heteroatoms. The molecule has 1 N–H and O–H groups in total. The van der Waals surface area contributed by atoms with Crippen molar-refractivity contribution in [1.29, 1.82) is 5.26 Å². The van der Waals surface area contributed by atoms with Crippen molar-refractivity contribution in [3.63, 3.8) is 0 Å². The van der Waals surface area contributed by atoms with Crippen LogP contribution in [-0.4, -0.2) is 36.0 Å². The zero-order valence-corrected chi connectivity index (χ0v) is 24.7. The fourth-order valence-corrected chi connectivity index (χ4v) is 6.03. The van der Waals surface area contributed by atoms with Crippen LogP contribution in [0, 0.1) is 11.3 Å². The fraction of sp³-hybridized carbons (Fsp3) is 0.483. The van der Waals surface area contributed by atoms with Gasteiger partial charge in [0.1, 0.15) is 0 Å². The Hall–Kier alpha value is -3.09. The van der Waals surface area contributed by atoms with Crippen LogP contribution in [-0.2, 0) is 14.8 Å². The van der Waals surface area contributed by atoms with Crippen molar-refractivity contribution in [3.05, 3.63) is 65.4 Å². The van der Waals surface area contributed by atoms with Crippen molar-refractivity contribution in [2.45, 2.75) is 90.2 Å². The largest absolute Gasteiger partial charge is 0.408 e. The fourth-order valence-electron chi connectivity index (χ4n) is 4.33. The maximum Gasteiger partial charge on any atom is 0.321 e. The summed E-state index contributed by atoms with van der Waals surface area (Å²) in [5.41, 5.74) is 2.47. The van der Waals surface area contributed by atoms with Gasteiger partial charge < -0.3 is 9.74 Å². The Morgan fingerprint density at radius 2 is 1.68 bits per heavy atom. The van der Waals surface area contributed by atoms with Gasteiger partial charge in [0.15, 0.2) is 8.32 Å². The van der Waals surface area contributed by atoms with Gasteiger partial charge in [-0.1, -0.05) is 45.0 Å². The molecule has 0 aliphatic heterocycles. The number of hydrogen-bond acceptors (Lipinski definition) is 4. The van der Waals surface area contributed by atoms with E-state index in [1.807, 2.05) is 24.3 Å². The number of carbonyl (C=O) groups excluding carboxylic acids is 1. The number of amides is 1. The van der Waals surface area contributed by atoms with Crippen LogP contribution in [0.3, 0.4) is 0 Å². The Bertz CT molecular complexity index is 1350. The normalized spacial score (nSPS) is 14.7. The molecule has 6 nitrogen and oxygen atoms in total. The highest BCUT2D eigenvalue weighted by Gasteiger charge is 2.42. The topological polar surface area (TPSA) is 79.9 Å². The van der Waals surface area contributed by atoms with Crippen molar-refractivity contribution in [1.82, 2.24) is 15.1 Å². The molecule has 0 fully saturated rings. The second kappa shape index (κ2) is 10.2. The van der Waals surface area contributed by atoms with Crippen LogP contribution < -0.4 is 5.32 Å². The molecule has 1 amide bonds. The molecule has 2 aromatic carbocycles. The number of hydrogen-bond donors (Lipinski definition) is 1. The molecule has 2 atom stereocenters. The number of nitrogens with zero attached hydrogens (tertiary/aromatic N) is 3. The predicted octanol–water partition coefficient (Wildman–Crippen LogP) is 6.91. The van der Waals surface area contributed by atoms with Gasteiger partial charge in [0.05, 0.1) is 41.0 Å². The van der Waals surface area contributed by atoms with E-state index in [1.54, 1.807) is 36.0 Å². The van der Waals surface area contributed by atoms with Gasteiger partial charge in [-0.05, 0) is 68.2 Å². The highest BCUT2D eigenvalue weighted by Crippen LogP contribution is 2.42. The minimum atomic E-state index is -3.51. The van der Waals surface area contributed by atoms with Crippen molar-refractivity contribution >= 4 is 25.1 Å². The lowest BCUT2D eigenvalue weighted by Crippen LogP contribution is -2.46. The molecular weight excluding hydrogens is 502 g/mol. The van der Waals surface area contributed by atoms with E-state index in [0.29, 0.717) is 12.5 Å². The van der Waals surface area contributed by atoms with Crippen molar-refractivity contribution in [3.8, 4) is 6.07 Å². The van der Waals surface area contributed by atoms with Crippen LogP contribution in [0.2, 0.25) is 18.1 Å². The van der Waals surface area contributed by atoms with Crippen LogP contribution in [0.4, 0.5) is 8.78 Å². The Morgan fingerprint density at radius 3 is 2.21 bits per heavy atom. The summed E-state index contributed by atoms with van der Waals surface area (Å²) in [4.78, 5) is 12.2. The van der Waals surface area contributed by atoms with Gasteiger partial charge in [-0.3, -0.25) is 9.48 Å². The summed E-state index contributed by atoms with van der Waals surface area (Å²) in [5, 5.41) is 17.1. The van der Waals surface area contributed by atoms with Gasteiger partial charge in [0.2, 0.25) is 0 Å². The second-order valence-corrected chi connectivity index (χ2v) is 16.8. The van der Waals surface area contributed by atoms with E-state index in [0.717, 1.165) is 22.0 Å². The maximum absolute atomic E-state index is 13.7. The molecule has 204 valence electrons. The Kier molecular flexibility index (Phi) is 7.93. The molecule has 0 saturated heterocycles. The molecule has 0 spiro atoms. The highest BCUT2D eigenvalue weighted by atomic mass is 28.4. The van der Waals surface area contributed by atoms with Crippen molar-refractivity contribution < 1.29 is 18.0 Å². The number of halogens is 2. The van der Waals surface area contributed by atoms with E-state index in [4.69, 9.17) is 4.43 Å². The SMILES string of the molecule is CC(NC(=O)C(C)(F)F)C(c1ccc(C(C)(C)O[Si](C)(C)C(C)(C)C)cc1)n1ncc2cc(C#N)ccc21. The summed E-state index contributed by atoms with van der Waals surface area (Å²) in [6.07, 6.45) is 1.64. The van der Waals surface area contributed by atoms with Gasteiger partial charge in [-0.2, -0.15) is 19.1 Å². The Labute approximate surface area is 225 Å². The number of benzene rings is 2. The monoisotopic (exact) mass is 540 g/mol. The lowest BCUT2D eigenvalue weighted by atomic mass is 9.93. The number of alkyl halides is 2. The first kappa shape index (κ1) is 29.5. The zero-order valence-electron chi connectivity index (χ0n) is 23.7. The second-order valence-electron chi connectivity index (χ2n) is 12.1. The van der Waals surface area contributed by atoms with Crippen LogP contribution in [0.25, 0.3) is 10.9 Å². The molecule has 0 bridgehead atoms. The predicted molar refractivity (Wildman–Crippen MR) is 149 cm³/mol. The van der Waals surface area contributed by atoms with E-state index in [1.165, 1.54) is 0 Å². The van der Waals surface area contributed by atoms with Crippen molar-refractivity contribution in [2.75, 3.05) is 0 Å². The summed E-state index contributed by atoms with van der Waals surface area (Å²) in [5.74, 6) is -4.86. The van der Waals surface area contributed by atoms with Crippen LogP contribution >= 0.6 is 0 Å². The van der Waals surface area contributed by atoms with E-state index >= 15 is 0 Å². The molecule has 1 heterocycles. The van der Waals surface area contributed by atoms with Gasteiger partial charge in [0.25, 0.3) is 5.91 Å². The Morgan fingerprint density at radius 1 is 1.08 bits per heavy atom. The molecule has 3 aromatic rings. The third kappa shape index (κ3) is 6.13. The summed E-state index contributed by atoms with van der Waals surface area (Å²) < 4.78 is 35.9. The third-order valence-electron chi connectivity index (χ3n) is 7.48. The number of rotatable bonds is 8. The lowest BCUT2D eigenvalue weighted by molar-refractivity contribution is -0.143. The molecule has 1 aromatic heterocycles. The molecule has 0 aliphatic rings. The smallest absolute Gasteiger partial charge is 0.321 e. The number of fused-ring (bicyclic) bond motifs is 1. The highest BCUT2D eigenvalue weighted by molar-refractivity contribution is 6.74. The lowest BCUT2D eigenvalue weighted by Gasteiger charge is -2.43. The summed E-state index contributed by atoms with van der Waals surface area (Å²) in [7, 11) is -2.05. The number of nitriles is 1. The van der Waals surface area contributed by atoms with E-state index in [2.05, 4.69) is 64.2 Å². The minimum Gasteiger partial charge on any atom is -0.408 e. The Balaban J connectivity index is 2.04. The molecule has 38 heavy (non-hydrogen) atoms. The molecule has 0 radical (unpaired) electrons. The third-order valence-corrected chi connectivity index (χ3v) is 12.1. The van der Waals surface area contributed by atoms with Gasteiger partial charge >= 0.3 is 5.92 Å². The first-order chi connectivity index (χ1) is 17.4. The van der Waals surface area contributed by atoms with Gasteiger partial charge in [-0.25, -0.2) is 0 Å². The van der Waals surface area contributed by atoms with Gasteiger partial charge in [0, 0.05) is 12.3 Å². The molecular formula is C29H38F2N4O2Si. The zero-order chi connectivity index (χ0) is 28.7. The average molecular weight is 541 g/mol. The quantitative estimate of drug-likeness (QED) is 0.315.